The van der Waals surface area contributed by atoms with Crippen LogP contribution in [0.2, 0.25) is 0 Å². The third-order valence-electron chi connectivity index (χ3n) is 4.21. The number of fused-ring (bicyclic) bond motifs is 1. The molecule has 1 amide bonds. The summed E-state index contributed by atoms with van der Waals surface area (Å²) in [5.74, 6) is 1.60. The Balaban J connectivity index is 1.50. The van der Waals surface area contributed by atoms with Crippen LogP contribution in [0.5, 0.6) is 0 Å². The van der Waals surface area contributed by atoms with E-state index in [0.29, 0.717) is 12.5 Å². The summed E-state index contributed by atoms with van der Waals surface area (Å²) in [6.45, 7) is 8.28. The van der Waals surface area contributed by atoms with Crippen molar-refractivity contribution in [2.45, 2.75) is 39.2 Å². The van der Waals surface area contributed by atoms with Crippen molar-refractivity contribution in [1.29, 1.82) is 0 Å². The van der Waals surface area contributed by atoms with Crippen molar-refractivity contribution in [3.63, 3.8) is 0 Å². The molecular formula is C18H25N3O2S. The third-order valence-corrected chi connectivity index (χ3v) is 5.02. The predicted molar refractivity (Wildman–Crippen MR) is 98.8 cm³/mol. The Morgan fingerprint density at radius 3 is 2.75 bits per heavy atom. The van der Waals surface area contributed by atoms with Crippen molar-refractivity contribution in [1.82, 2.24) is 9.69 Å². The van der Waals surface area contributed by atoms with Crippen LogP contribution in [0.4, 0.5) is 10.6 Å². The van der Waals surface area contributed by atoms with Crippen LogP contribution in [0.15, 0.2) is 24.3 Å². The van der Waals surface area contributed by atoms with Crippen molar-refractivity contribution < 1.29 is 9.53 Å². The molecule has 0 atom stereocenters. The first-order valence-electron chi connectivity index (χ1n) is 8.48. The number of carbonyl (C=O) groups excluding carboxylic acids is 1. The van der Waals surface area contributed by atoms with Gasteiger partial charge in [-0.1, -0.05) is 12.1 Å². The topological polar surface area (TPSA) is 54.5 Å². The normalized spacial score (nSPS) is 16.4. The summed E-state index contributed by atoms with van der Waals surface area (Å²) >= 11 is 1.56. The number of hydrogen-bond donors (Lipinski definition) is 1. The highest BCUT2D eigenvalue weighted by atomic mass is 32.1. The summed E-state index contributed by atoms with van der Waals surface area (Å²) in [6.07, 6.45) is 1.79. The number of piperidine rings is 1. The molecule has 1 N–H and O–H groups in total. The van der Waals surface area contributed by atoms with Gasteiger partial charge in [0.15, 0.2) is 0 Å². The molecule has 0 radical (unpaired) electrons. The second kappa shape index (κ2) is 6.97. The fourth-order valence-corrected chi connectivity index (χ4v) is 3.79. The van der Waals surface area contributed by atoms with E-state index in [4.69, 9.17) is 4.74 Å². The van der Waals surface area contributed by atoms with Crippen LogP contribution in [0, 0.1) is 5.92 Å². The molecule has 0 aliphatic carbocycles. The van der Waals surface area contributed by atoms with E-state index in [1.807, 2.05) is 20.8 Å². The predicted octanol–water partition coefficient (Wildman–Crippen LogP) is 4.04. The Morgan fingerprint density at radius 2 is 2.04 bits per heavy atom. The fourth-order valence-electron chi connectivity index (χ4n) is 2.99. The Labute approximate surface area is 147 Å². The molecule has 0 spiro atoms. The number of nitrogens with one attached hydrogen (secondary N) is 1. The first kappa shape index (κ1) is 17.0. The second-order valence-electron chi connectivity index (χ2n) is 7.32. The summed E-state index contributed by atoms with van der Waals surface area (Å²) in [7, 11) is 0. The van der Waals surface area contributed by atoms with Gasteiger partial charge in [0.05, 0.1) is 4.70 Å². The Morgan fingerprint density at radius 1 is 1.33 bits per heavy atom. The summed E-state index contributed by atoms with van der Waals surface area (Å²) in [5, 5.41) is 4.14. The first-order valence-corrected chi connectivity index (χ1v) is 9.26. The van der Waals surface area contributed by atoms with Crippen LogP contribution < -0.4 is 10.2 Å². The monoisotopic (exact) mass is 347 g/mol. The molecule has 24 heavy (non-hydrogen) atoms. The lowest BCUT2D eigenvalue weighted by atomic mass is 9.96. The van der Waals surface area contributed by atoms with E-state index in [1.54, 1.807) is 11.5 Å². The van der Waals surface area contributed by atoms with Crippen molar-refractivity contribution in [3.05, 3.63) is 24.3 Å². The van der Waals surface area contributed by atoms with E-state index in [9.17, 15) is 4.79 Å². The zero-order chi connectivity index (χ0) is 17.2. The summed E-state index contributed by atoms with van der Waals surface area (Å²) < 4.78 is 11.2. The highest BCUT2D eigenvalue weighted by Gasteiger charge is 2.23. The molecule has 1 aliphatic heterocycles. The van der Waals surface area contributed by atoms with Gasteiger partial charge in [-0.05, 0) is 63.2 Å². The number of carbonyl (C=O) groups is 1. The van der Waals surface area contributed by atoms with Crippen LogP contribution in [0.25, 0.3) is 10.1 Å². The summed E-state index contributed by atoms with van der Waals surface area (Å²) in [4.78, 5) is 14.1. The molecule has 1 aromatic heterocycles. The molecule has 1 aromatic carbocycles. The lowest BCUT2D eigenvalue weighted by molar-refractivity contribution is 0.0517. The van der Waals surface area contributed by atoms with Crippen LogP contribution in [0.3, 0.4) is 0 Å². The zero-order valence-electron chi connectivity index (χ0n) is 14.5. The minimum Gasteiger partial charge on any atom is -0.444 e. The molecule has 130 valence electrons. The lowest BCUT2D eigenvalue weighted by Crippen LogP contribution is -2.40. The van der Waals surface area contributed by atoms with Crippen LogP contribution in [0.1, 0.15) is 33.6 Å². The molecule has 1 aliphatic rings. The number of amides is 1. The number of ether oxygens (including phenoxy) is 1. The number of anilines is 1. The second-order valence-corrected chi connectivity index (χ2v) is 8.12. The number of aromatic nitrogens is 1. The van der Waals surface area contributed by atoms with Crippen LogP contribution in [-0.4, -0.2) is 35.7 Å². The van der Waals surface area contributed by atoms with Gasteiger partial charge >= 0.3 is 6.09 Å². The molecular weight excluding hydrogens is 322 g/mol. The third kappa shape index (κ3) is 4.17. The standard InChI is InChI=1S/C18H25N3O2S/c1-18(2,3)23-17(22)19-12-13-8-10-21(11-9-13)16-14-6-4-5-7-15(14)24-20-16/h4-7,13H,8-12H2,1-3H3,(H,19,22). The van der Waals surface area contributed by atoms with E-state index < -0.39 is 5.60 Å². The van der Waals surface area contributed by atoms with Gasteiger partial charge in [-0.2, -0.15) is 4.37 Å². The number of rotatable bonds is 3. The van der Waals surface area contributed by atoms with Gasteiger partial charge in [0, 0.05) is 25.0 Å². The molecule has 6 heteroatoms. The van der Waals surface area contributed by atoms with E-state index in [0.717, 1.165) is 31.7 Å². The number of benzene rings is 1. The van der Waals surface area contributed by atoms with E-state index in [-0.39, 0.29) is 6.09 Å². The van der Waals surface area contributed by atoms with Gasteiger partial charge in [0.1, 0.15) is 11.4 Å². The molecule has 1 fully saturated rings. The van der Waals surface area contributed by atoms with Crippen molar-refractivity contribution >= 4 is 33.5 Å². The molecule has 2 heterocycles. The van der Waals surface area contributed by atoms with Gasteiger partial charge in [0.25, 0.3) is 0 Å². The van der Waals surface area contributed by atoms with Crippen molar-refractivity contribution in [3.8, 4) is 0 Å². The van der Waals surface area contributed by atoms with Crippen molar-refractivity contribution in [2.75, 3.05) is 24.5 Å². The number of alkyl carbamates (subject to hydrolysis) is 1. The highest BCUT2D eigenvalue weighted by molar-refractivity contribution is 7.13. The maximum atomic E-state index is 11.7. The minimum absolute atomic E-state index is 0.324. The maximum Gasteiger partial charge on any atom is 0.407 e. The molecule has 2 aromatic rings. The van der Waals surface area contributed by atoms with E-state index in [1.165, 1.54) is 10.1 Å². The van der Waals surface area contributed by atoms with E-state index >= 15 is 0 Å². The molecule has 5 nitrogen and oxygen atoms in total. The minimum atomic E-state index is -0.445. The number of hydrogen-bond acceptors (Lipinski definition) is 5. The van der Waals surface area contributed by atoms with Gasteiger partial charge in [-0.15, -0.1) is 0 Å². The van der Waals surface area contributed by atoms with E-state index in [2.05, 4.69) is 38.9 Å². The smallest absolute Gasteiger partial charge is 0.407 e. The van der Waals surface area contributed by atoms with Gasteiger partial charge < -0.3 is 15.0 Å². The van der Waals surface area contributed by atoms with Crippen LogP contribution >= 0.6 is 11.5 Å². The summed E-state index contributed by atoms with van der Waals surface area (Å²) in [5.41, 5.74) is -0.445. The SMILES string of the molecule is CC(C)(C)OC(=O)NCC1CCN(c2nsc3ccccc23)CC1. The van der Waals surface area contributed by atoms with Crippen LogP contribution in [-0.2, 0) is 4.74 Å². The highest BCUT2D eigenvalue weighted by Crippen LogP contribution is 2.31. The van der Waals surface area contributed by atoms with Gasteiger partial charge in [0.2, 0.25) is 0 Å². The largest absolute Gasteiger partial charge is 0.444 e. The average molecular weight is 347 g/mol. The first-order chi connectivity index (χ1) is 11.4. The molecule has 0 unspecified atom stereocenters. The average Bonchev–Trinajstić information content (AvgIpc) is 2.96. The van der Waals surface area contributed by atoms with Crippen molar-refractivity contribution in [2.24, 2.45) is 5.92 Å². The van der Waals surface area contributed by atoms with Gasteiger partial charge in [-0.3, -0.25) is 0 Å². The molecule has 1 saturated heterocycles. The zero-order valence-corrected chi connectivity index (χ0v) is 15.4. The number of nitrogens with zero attached hydrogens (tertiary/aromatic N) is 2. The van der Waals surface area contributed by atoms with Gasteiger partial charge in [-0.25, -0.2) is 4.79 Å². The lowest BCUT2D eigenvalue weighted by Gasteiger charge is -2.32. The maximum absolute atomic E-state index is 11.7. The molecule has 3 rings (SSSR count). The Hall–Kier alpha value is -1.82. The quantitative estimate of drug-likeness (QED) is 0.910. The Bertz CT molecular complexity index is 700. The molecule has 0 saturated carbocycles. The molecule has 0 bridgehead atoms. The fraction of sp³-hybridized carbons (Fsp3) is 0.556. The Kier molecular flexibility index (Phi) is 4.94. The summed E-state index contributed by atoms with van der Waals surface area (Å²) in [6, 6.07) is 8.38.